The maximum Gasteiger partial charge on any atom is 0.472 e. The summed E-state index contributed by atoms with van der Waals surface area (Å²) in [7, 11) is 1.48. The van der Waals surface area contributed by atoms with Crippen LogP contribution in [0.4, 0.5) is 0 Å². The largest absolute Gasteiger partial charge is 0.472 e. The van der Waals surface area contributed by atoms with Gasteiger partial charge in [-0.2, -0.15) is 0 Å². The molecule has 0 aliphatic heterocycles. The van der Waals surface area contributed by atoms with Gasteiger partial charge in [-0.3, -0.25) is 18.6 Å². The fourth-order valence-corrected chi connectivity index (χ4v) is 9.86. The molecule has 10 heteroatoms. The number of likely N-dealkylation sites (N-methyl/N-ethyl adjacent to an activating group) is 1. The fourth-order valence-electron chi connectivity index (χ4n) is 9.12. The van der Waals surface area contributed by atoms with E-state index in [-0.39, 0.29) is 32.0 Å². The van der Waals surface area contributed by atoms with Crippen molar-refractivity contribution < 1.29 is 42.1 Å². The van der Waals surface area contributed by atoms with Gasteiger partial charge in [0, 0.05) is 12.8 Å². The first-order valence-electron chi connectivity index (χ1n) is 32.0. The monoisotopic (exact) mass is 1090 g/mol. The number of ether oxygens (including phenoxy) is 2. The minimum Gasteiger partial charge on any atom is -0.462 e. The van der Waals surface area contributed by atoms with E-state index in [1.165, 1.54) is 193 Å². The van der Waals surface area contributed by atoms with Crippen LogP contribution in [0.15, 0.2) is 60.8 Å². The molecule has 0 saturated heterocycles. The molecular formula is C66H123NO8P+. The Bertz CT molecular complexity index is 1470. The Morgan fingerprint density at radius 2 is 0.750 bits per heavy atom. The summed E-state index contributed by atoms with van der Waals surface area (Å²) < 4.78 is 34.6. The first-order chi connectivity index (χ1) is 37.0. The average molecular weight is 1090 g/mol. The van der Waals surface area contributed by atoms with E-state index in [1.807, 2.05) is 21.1 Å². The number of allylic oxidation sites excluding steroid dienone is 10. The maximum atomic E-state index is 12.8. The summed E-state index contributed by atoms with van der Waals surface area (Å²) in [6, 6.07) is 0. The van der Waals surface area contributed by atoms with Crippen molar-refractivity contribution in [3.8, 4) is 0 Å². The zero-order chi connectivity index (χ0) is 55.6. The van der Waals surface area contributed by atoms with Gasteiger partial charge in [-0.05, 0) is 77.0 Å². The number of unbranched alkanes of at least 4 members (excludes halogenated alkanes) is 35. The molecule has 9 nitrogen and oxygen atoms in total. The molecule has 0 spiro atoms. The van der Waals surface area contributed by atoms with Crippen molar-refractivity contribution in [3.05, 3.63) is 60.8 Å². The Balaban J connectivity index is 4.05. The Labute approximate surface area is 470 Å². The number of carbonyl (C=O) groups excluding carboxylic acids is 2. The zero-order valence-corrected chi connectivity index (χ0v) is 51.4. The van der Waals surface area contributed by atoms with Crippen molar-refractivity contribution >= 4 is 19.8 Å². The van der Waals surface area contributed by atoms with Gasteiger partial charge in [0.25, 0.3) is 0 Å². The normalized spacial score (nSPS) is 13.6. The molecule has 0 saturated carbocycles. The molecule has 444 valence electrons. The van der Waals surface area contributed by atoms with Crippen LogP contribution in [0.2, 0.25) is 0 Å². The quantitative estimate of drug-likeness (QED) is 0.0211. The van der Waals surface area contributed by atoms with E-state index in [0.717, 1.165) is 70.6 Å². The van der Waals surface area contributed by atoms with Crippen LogP contribution in [0.1, 0.15) is 296 Å². The van der Waals surface area contributed by atoms with Crippen LogP contribution in [0.3, 0.4) is 0 Å². The summed E-state index contributed by atoms with van der Waals surface area (Å²) in [6.45, 7) is 4.35. The number of phosphoric acid groups is 1. The van der Waals surface area contributed by atoms with Crippen molar-refractivity contribution in [2.24, 2.45) is 0 Å². The summed E-state index contributed by atoms with van der Waals surface area (Å²) in [5.74, 6) is -0.797. The predicted molar refractivity (Wildman–Crippen MR) is 326 cm³/mol. The van der Waals surface area contributed by atoms with Crippen molar-refractivity contribution in [2.75, 3.05) is 47.5 Å². The molecule has 0 radical (unpaired) electrons. The Kier molecular flexibility index (Phi) is 55.7. The van der Waals surface area contributed by atoms with Crippen LogP contribution in [0.5, 0.6) is 0 Å². The summed E-state index contributed by atoms with van der Waals surface area (Å²) in [6.07, 6.45) is 74.5. The molecule has 0 fully saturated rings. The van der Waals surface area contributed by atoms with Crippen molar-refractivity contribution in [2.45, 2.75) is 302 Å². The number of rotatable bonds is 59. The fraction of sp³-hybridized carbons (Fsp3) is 0.818. The van der Waals surface area contributed by atoms with Crippen molar-refractivity contribution in [1.29, 1.82) is 0 Å². The molecule has 0 heterocycles. The minimum atomic E-state index is -4.39. The number of nitrogens with zero attached hydrogens (tertiary/aromatic N) is 1. The smallest absolute Gasteiger partial charge is 0.462 e. The topological polar surface area (TPSA) is 108 Å². The molecule has 0 amide bonds. The number of carbonyl (C=O) groups is 2. The molecule has 0 aromatic carbocycles. The number of quaternary nitrogens is 1. The Hall–Kier alpha value is -2.29. The standard InChI is InChI=1S/C66H122NO8P/c1-6-8-10-12-14-16-18-20-22-24-26-28-29-30-31-32-33-34-35-36-37-39-40-42-44-46-48-50-52-54-56-58-65(68)72-62-64(63-74-76(70,71)73-61-60-67(3,4)5)75-66(69)59-57-55-53-51-49-47-45-43-41-38-27-25-23-21-19-17-15-13-11-9-7-2/h9,11,15,17,21,23-24,26-27,38,64H,6-8,10,12-14,16,18-20,22,25,28-37,39-63H2,1-5H3/p+1/b11-9-,17-15-,23-21-,26-24-,38-27-. The summed E-state index contributed by atoms with van der Waals surface area (Å²) in [4.78, 5) is 35.8. The lowest BCUT2D eigenvalue weighted by Gasteiger charge is -2.24. The third kappa shape index (κ3) is 60.9. The summed E-state index contributed by atoms with van der Waals surface area (Å²) >= 11 is 0. The second-order valence-electron chi connectivity index (χ2n) is 22.8. The summed E-state index contributed by atoms with van der Waals surface area (Å²) in [5, 5.41) is 0. The van der Waals surface area contributed by atoms with Gasteiger partial charge in [-0.1, -0.05) is 267 Å². The van der Waals surface area contributed by atoms with Gasteiger partial charge in [-0.15, -0.1) is 0 Å². The highest BCUT2D eigenvalue weighted by Gasteiger charge is 2.27. The molecule has 2 unspecified atom stereocenters. The van der Waals surface area contributed by atoms with Crippen LogP contribution >= 0.6 is 7.82 Å². The SMILES string of the molecule is CC/C=C\C/C=C\C/C=C\C/C=C\CCCCCCCCCCC(=O)OC(COC(=O)CCCCCCCCCCCCCCCCCCCCC/C=C\CCCCCCCCCC)COP(=O)(O)OCC[N+](C)(C)C. The lowest BCUT2D eigenvalue weighted by molar-refractivity contribution is -0.870. The van der Waals surface area contributed by atoms with Crippen LogP contribution in [-0.2, 0) is 32.7 Å². The molecule has 2 atom stereocenters. The first kappa shape index (κ1) is 73.7. The van der Waals surface area contributed by atoms with Gasteiger partial charge in [0.15, 0.2) is 6.10 Å². The Morgan fingerprint density at radius 3 is 1.13 bits per heavy atom. The van der Waals surface area contributed by atoms with E-state index >= 15 is 0 Å². The van der Waals surface area contributed by atoms with Crippen LogP contribution in [0.25, 0.3) is 0 Å². The third-order valence-corrected chi connectivity index (χ3v) is 15.0. The van der Waals surface area contributed by atoms with E-state index in [1.54, 1.807) is 0 Å². The molecule has 0 rings (SSSR count). The molecular weight excluding hydrogens is 966 g/mol. The van der Waals surface area contributed by atoms with Gasteiger partial charge in [0.2, 0.25) is 0 Å². The number of phosphoric ester groups is 1. The van der Waals surface area contributed by atoms with E-state index in [2.05, 4.69) is 74.6 Å². The molecule has 0 bridgehead atoms. The lowest BCUT2D eigenvalue weighted by Crippen LogP contribution is -2.37. The molecule has 1 N–H and O–H groups in total. The third-order valence-electron chi connectivity index (χ3n) is 14.0. The number of hydrogen-bond donors (Lipinski definition) is 1. The van der Waals surface area contributed by atoms with E-state index < -0.39 is 26.5 Å². The van der Waals surface area contributed by atoms with E-state index in [4.69, 9.17) is 18.5 Å². The molecule has 0 aromatic rings. The molecule has 76 heavy (non-hydrogen) atoms. The zero-order valence-electron chi connectivity index (χ0n) is 50.5. The number of esters is 2. The molecule has 0 aromatic heterocycles. The van der Waals surface area contributed by atoms with Gasteiger partial charge in [-0.25, -0.2) is 4.57 Å². The molecule has 0 aliphatic carbocycles. The highest BCUT2D eigenvalue weighted by molar-refractivity contribution is 7.47. The van der Waals surface area contributed by atoms with Crippen LogP contribution < -0.4 is 0 Å². The highest BCUT2D eigenvalue weighted by atomic mass is 31.2. The highest BCUT2D eigenvalue weighted by Crippen LogP contribution is 2.43. The van der Waals surface area contributed by atoms with E-state index in [9.17, 15) is 19.0 Å². The minimum absolute atomic E-state index is 0.0292. The van der Waals surface area contributed by atoms with E-state index in [0.29, 0.717) is 17.4 Å². The average Bonchev–Trinajstić information content (AvgIpc) is 3.38. The second-order valence-corrected chi connectivity index (χ2v) is 24.2. The second kappa shape index (κ2) is 57.4. The van der Waals surface area contributed by atoms with Gasteiger partial charge in [0.05, 0.1) is 27.7 Å². The maximum absolute atomic E-state index is 12.8. The van der Waals surface area contributed by atoms with Crippen LogP contribution in [-0.4, -0.2) is 74.9 Å². The Morgan fingerprint density at radius 1 is 0.421 bits per heavy atom. The van der Waals surface area contributed by atoms with Gasteiger partial charge in [0.1, 0.15) is 19.8 Å². The van der Waals surface area contributed by atoms with Crippen molar-refractivity contribution in [1.82, 2.24) is 0 Å². The first-order valence-corrected chi connectivity index (χ1v) is 33.5. The van der Waals surface area contributed by atoms with Crippen molar-refractivity contribution in [3.63, 3.8) is 0 Å². The van der Waals surface area contributed by atoms with Crippen LogP contribution in [0, 0.1) is 0 Å². The summed E-state index contributed by atoms with van der Waals surface area (Å²) in [5.41, 5.74) is 0. The van der Waals surface area contributed by atoms with Gasteiger partial charge < -0.3 is 18.9 Å². The number of hydrogen-bond acceptors (Lipinski definition) is 7. The lowest BCUT2D eigenvalue weighted by atomic mass is 10.0. The van der Waals surface area contributed by atoms with Gasteiger partial charge >= 0.3 is 19.8 Å². The predicted octanol–water partition coefficient (Wildman–Crippen LogP) is 20.3. The molecule has 0 aliphatic rings.